The van der Waals surface area contributed by atoms with Crippen LogP contribution in [0.25, 0.3) is 5.52 Å². The molecule has 0 unspecified atom stereocenters. The second-order valence-electron chi connectivity index (χ2n) is 7.60. The predicted octanol–water partition coefficient (Wildman–Crippen LogP) is 2.65. The number of carbonyl (C=O) groups excluding carboxylic acids is 1. The summed E-state index contributed by atoms with van der Waals surface area (Å²) in [5.41, 5.74) is 4.57. The number of hydrogen-bond acceptors (Lipinski definition) is 3. The first-order valence-electron chi connectivity index (χ1n) is 9.82. The lowest BCUT2D eigenvalue weighted by molar-refractivity contribution is 0.0760. The number of benzene rings is 1. The number of aromatic nitrogens is 2. The van der Waals surface area contributed by atoms with E-state index >= 15 is 0 Å². The Labute approximate surface area is 159 Å². The van der Waals surface area contributed by atoms with Crippen LogP contribution >= 0.6 is 0 Å². The molecule has 0 spiro atoms. The molecule has 5 heteroatoms. The summed E-state index contributed by atoms with van der Waals surface area (Å²) in [4.78, 5) is 17.7. The molecule has 1 saturated heterocycles. The third kappa shape index (κ3) is 3.02. The maximum atomic E-state index is 13.1. The molecule has 1 aliphatic carbocycles. The molecule has 5 rings (SSSR count). The largest absolute Gasteiger partial charge is 0.337 e. The lowest BCUT2D eigenvalue weighted by Gasteiger charge is -2.27. The van der Waals surface area contributed by atoms with Gasteiger partial charge in [0.15, 0.2) is 0 Å². The van der Waals surface area contributed by atoms with Crippen LogP contribution in [0.1, 0.15) is 27.9 Å². The van der Waals surface area contributed by atoms with E-state index in [1.165, 1.54) is 11.1 Å². The Kier molecular flexibility index (Phi) is 4.17. The lowest BCUT2D eigenvalue weighted by Crippen LogP contribution is -2.40. The van der Waals surface area contributed by atoms with Gasteiger partial charge in [-0.15, -0.1) is 0 Å². The van der Waals surface area contributed by atoms with E-state index in [2.05, 4.69) is 34.3 Å². The monoisotopic (exact) mass is 360 g/mol. The molecule has 0 atom stereocenters. The number of nitrogens with zero attached hydrogens (tertiary/aromatic N) is 4. The molecule has 0 radical (unpaired) electrons. The number of amides is 1. The fourth-order valence-electron chi connectivity index (χ4n) is 4.57. The summed E-state index contributed by atoms with van der Waals surface area (Å²) < 4.78 is 1.77. The van der Waals surface area contributed by atoms with Crippen LogP contribution in [0.5, 0.6) is 0 Å². The number of rotatable bonds is 2. The van der Waals surface area contributed by atoms with Crippen LogP contribution < -0.4 is 0 Å². The summed E-state index contributed by atoms with van der Waals surface area (Å²) in [5.74, 6) is 0.104. The van der Waals surface area contributed by atoms with Gasteiger partial charge in [-0.05, 0) is 42.5 Å². The van der Waals surface area contributed by atoms with Gasteiger partial charge >= 0.3 is 0 Å². The number of fused-ring (bicyclic) bond motifs is 2. The van der Waals surface area contributed by atoms with Gasteiger partial charge in [-0.1, -0.05) is 30.3 Å². The van der Waals surface area contributed by atoms with Crippen molar-refractivity contribution in [3.05, 3.63) is 71.5 Å². The molecule has 1 aliphatic heterocycles. The fourth-order valence-corrected chi connectivity index (χ4v) is 4.57. The van der Waals surface area contributed by atoms with Gasteiger partial charge in [-0.25, -0.2) is 4.52 Å². The van der Waals surface area contributed by atoms with Crippen molar-refractivity contribution in [2.45, 2.75) is 25.3 Å². The molecule has 2 aliphatic rings. The van der Waals surface area contributed by atoms with Gasteiger partial charge in [-0.2, -0.15) is 5.10 Å². The standard InChI is InChI=1S/C22H24N4O/c27-22(20-16-23-26-11-4-3-8-21(20)26)25-10-5-9-24(12-13-25)19-14-17-6-1-2-7-18(17)15-19/h1-4,6-8,11,16,19H,5,9-10,12-15H2. The van der Waals surface area contributed by atoms with Crippen LogP contribution in [0.2, 0.25) is 0 Å². The van der Waals surface area contributed by atoms with E-state index < -0.39 is 0 Å². The Bertz CT molecular complexity index is 954. The average Bonchev–Trinajstić information content (AvgIpc) is 3.24. The summed E-state index contributed by atoms with van der Waals surface area (Å²) in [7, 11) is 0. The minimum Gasteiger partial charge on any atom is -0.337 e. The fraction of sp³-hybridized carbons (Fsp3) is 0.364. The third-order valence-corrected chi connectivity index (χ3v) is 6.02. The summed E-state index contributed by atoms with van der Waals surface area (Å²) in [6, 6.07) is 15.2. The van der Waals surface area contributed by atoms with E-state index in [0.29, 0.717) is 11.6 Å². The number of carbonyl (C=O) groups is 1. The highest BCUT2D eigenvalue weighted by Gasteiger charge is 2.29. The highest BCUT2D eigenvalue weighted by molar-refractivity contribution is 6.00. The normalized spacial score (nSPS) is 18.6. The van der Waals surface area contributed by atoms with Crippen molar-refractivity contribution in [2.24, 2.45) is 0 Å². The maximum Gasteiger partial charge on any atom is 0.257 e. The second-order valence-corrected chi connectivity index (χ2v) is 7.60. The number of hydrogen-bond donors (Lipinski definition) is 0. The quantitative estimate of drug-likeness (QED) is 0.705. The Balaban J connectivity index is 1.28. The van der Waals surface area contributed by atoms with E-state index in [0.717, 1.165) is 51.0 Å². The molecule has 0 saturated carbocycles. The number of pyridine rings is 1. The predicted molar refractivity (Wildman–Crippen MR) is 105 cm³/mol. The molecule has 0 N–H and O–H groups in total. The van der Waals surface area contributed by atoms with Crippen LogP contribution in [0.3, 0.4) is 0 Å². The Morgan fingerprint density at radius 3 is 2.52 bits per heavy atom. The highest BCUT2D eigenvalue weighted by atomic mass is 16.2. The zero-order valence-electron chi connectivity index (χ0n) is 15.4. The van der Waals surface area contributed by atoms with Gasteiger partial charge < -0.3 is 4.90 Å². The van der Waals surface area contributed by atoms with Gasteiger partial charge in [0.1, 0.15) is 0 Å². The second kappa shape index (κ2) is 6.82. The molecule has 1 amide bonds. The molecule has 1 aromatic carbocycles. The molecule has 3 aromatic rings. The summed E-state index contributed by atoms with van der Waals surface area (Å²) in [6.45, 7) is 3.62. The van der Waals surface area contributed by atoms with E-state index in [1.54, 1.807) is 10.7 Å². The van der Waals surface area contributed by atoms with Crippen LogP contribution in [0.4, 0.5) is 0 Å². The molecule has 138 valence electrons. The van der Waals surface area contributed by atoms with E-state index in [-0.39, 0.29) is 5.91 Å². The van der Waals surface area contributed by atoms with Gasteiger partial charge in [0.25, 0.3) is 5.91 Å². The maximum absolute atomic E-state index is 13.1. The van der Waals surface area contributed by atoms with E-state index in [9.17, 15) is 4.79 Å². The van der Waals surface area contributed by atoms with Crippen molar-refractivity contribution >= 4 is 11.4 Å². The molecule has 1 fully saturated rings. The van der Waals surface area contributed by atoms with Crippen LogP contribution in [0, 0.1) is 0 Å². The van der Waals surface area contributed by atoms with Crippen molar-refractivity contribution in [3.63, 3.8) is 0 Å². The molecular weight excluding hydrogens is 336 g/mol. The Morgan fingerprint density at radius 1 is 0.926 bits per heavy atom. The molecule has 27 heavy (non-hydrogen) atoms. The molecular formula is C22H24N4O. The Morgan fingerprint density at radius 2 is 1.70 bits per heavy atom. The van der Waals surface area contributed by atoms with Crippen molar-refractivity contribution in [1.82, 2.24) is 19.4 Å². The lowest BCUT2D eigenvalue weighted by atomic mass is 10.1. The van der Waals surface area contributed by atoms with E-state index in [4.69, 9.17) is 0 Å². The van der Waals surface area contributed by atoms with Crippen LogP contribution in [0.15, 0.2) is 54.9 Å². The van der Waals surface area contributed by atoms with Crippen molar-refractivity contribution in [3.8, 4) is 0 Å². The van der Waals surface area contributed by atoms with Crippen molar-refractivity contribution < 1.29 is 4.79 Å². The highest BCUT2D eigenvalue weighted by Crippen LogP contribution is 2.26. The minimum atomic E-state index is 0.104. The smallest absolute Gasteiger partial charge is 0.257 e. The minimum absolute atomic E-state index is 0.104. The zero-order chi connectivity index (χ0) is 18.2. The van der Waals surface area contributed by atoms with Crippen molar-refractivity contribution in [1.29, 1.82) is 0 Å². The first-order valence-corrected chi connectivity index (χ1v) is 9.82. The molecule has 3 heterocycles. The van der Waals surface area contributed by atoms with E-state index in [1.807, 2.05) is 29.3 Å². The zero-order valence-corrected chi connectivity index (χ0v) is 15.4. The molecule has 5 nitrogen and oxygen atoms in total. The van der Waals surface area contributed by atoms with Gasteiger partial charge in [0.2, 0.25) is 0 Å². The van der Waals surface area contributed by atoms with Crippen molar-refractivity contribution in [2.75, 3.05) is 26.2 Å². The topological polar surface area (TPSA) is 40.9 Å². The van der Waals surface area contributed by atoms with Crippen LogP contribution in [-0.2, 0) is 12.8 Å². The van der Waals surface area contributed by atoms with Crippen LogP contribution in [-0.4, -0.2) is 57.5 Å². The average molecular weight is 360 g/mol. The summed E-state index contributed by atoms with van der Waals surface area (Å²) in [6.07, 6.45) is 6.89. The van der Waals surface area contributed by atoms with Gasteiger partial charge in [-0.3, -0.25) is 9.69 Å². The molecule has 2 aromatic heterocycles. The first kappa shape index (κ1) is 16.5. The third-order valence-electron chi connectivity index (χ3n) is 6.02. The SMILES string of the molecule is O=C(c1cnn2ccccc12)N1CCCN(C2Cc3ccccc3C2)CC1. The van der Waals surface area contributed by atoms with Gasteiger partial charge in [0, 0.05) is 38.4 Å². The summed E-state index contributed by atoms with van der Waals surface area (Å²) in [5, 5.41) is 4.32. The van der Waals surface area contributed by atoms with Gasteiger partial charge in [0.05, 0.1) is 17.3 Å². The Hall–Kier alpha value is -2.66. The molecule has 0 bridgehead atoms. The first-order chi connectivity index (χ1) is 13.3. The summed E-state index contributed by atoms with van der Waals surface area (Å²) >= 11 is 0.